The maximum absolute atomic E-state index is 5.26. The number of rotatable bonds is 5. The van der Waals surface area contributed by atoms with E-state index >= 15 is 0 Å². The van der Waals surface area contributed by atoms with E-state index < -0.39 is 0 Å². The van der Waals surface area contributed by atoms with E-state index in [0.717, 1.165) is 18.8 Å². The van der Waals surface area contributed by atoms with Gasteiger partial charge in [0, 0.05) is 6.42 Å². The molecule has 4 heteroatoms. The average Bonchev–Trinajstić information content (AvgIpc) is 2.51. The molecular formula is C11H21N3O. The fourth-order valence-electron chi connectivity index (χ4n) is 1.47. The maximum atomic E-state index is 5.26. The van der Waals surface area contributed by atoms with Gasteiger partial charge < -0.3 is 9.84 Å². The molecule has 15 heavy (non-hydrogen) atoms. The van der Waals surface area contributed by atoms with Crippen LogP contribution in [0.25, 0.3) is 0 Å². The molecule has 0 spiro atoms. The zero-order valence-electron chi connectivity index (χ0n) is 10.3. The van der Waals surface area contributed by atoms with Crippen LogP contribution < -0.4 is 5.32 Å². The van der Waals surface area contributed by atoms with E-state index in [1.165, 1.54) is 0 Å². The lowest BCUT2D eigenvalue weighted by atomic mass is 10.1. The molecular weight excluding hydrogens is 190 g/mol. The van der Waals surface area contributed by atoms with Crippen LogP contribution in [0.2, 0.25) is 0 Å². The van der Waals surface area contributed by atoms with E-state index in [9.17, 15) is 0 Å². The summed E-state index contributed by atoms with van der Waals surface area (Å²) >= 11 is 0. The topological polar surface area (TPSA) is 51.0 Å². The monoisotopic (exact) mass is 211 g/mol. The van der Waals surface area contributed by atoms with Crippen LogP contribution in [-0.4, -0.2) is 16.7 Å². The largest absolute Gasteiger partial charge is 0.337 e. The van der Waals surface area contributed by atoms with Gasteiger partial charge in [0.25, 0.3) is 0 Å². The first kappa shape index (κ1) is 12.2. The third-order valence-corrected chi connectivity index (χ3v) is 2.21. The van der Waals surface area contributed by atoms with Gasteiger partial charge in [-0.15, -0.1) is 0 Å². The summed E-state index contributed by atoms with van der Waals surface area (Å²) < 4.78 is 5.26. The highest BCUT2D eigenvalue weighted by Gasteiger charge is 2.26. The molecule has 0 saturated heterocycles. The Morgan fingerprint density at radius 3 is 2.60 bits per heavy atom. The number of nitrogens with zero attached hydrogens (tertiary/aromatic N) is 2. The van der Waals surface area contributed by atoms with Crippen LogP contribution in [0.4, 0.5) is 0 Å². The lowest BCUT2D eigenvalue weighted by Crippen LogP contribution is -2.36. The summed E-state index contributed by atoms with van der Waals surface area (Å²) in [5.41, 5.74) is -0.239. The molecule has 1 heterocycles. The summed E-state index contributed by atoms with van der Waals surface area (Å²) in [4.78, 5) is 4.40. The highest BCUT2D eigenvalue weighted by atomic mass is 16.5. The van der Waals surface area contributed by atoms with Crippen molar-refractivity contribution in [3.63, 3.8) is 0 Å². The van der Waals surface area contributed by atoms with Crippen LogP contribution >= 0.6 is 0 Å². The third-order valence-electron chi connectivity index (χ3n) is 2.21. The van der Waals surface area contributed by atoms with Crippen LogP contribution in [0.3, 0.4) is 0 Å². The normalized spacial score (nSPS) is 12.4. The molecule has 0 fully saturated rings. The summed E-state index contributed by atoms with van der Waals surface area (Å²) in [6.45, 7) is 11.3. The number of nitrogens with one attached hydrogen (secondary N) is 1. The summed E-state index contributed by atoms with van der Waals surface area (Å²) in [6.07, 6.45) is 0.867. The standard InChI is InChI=1S/C11H21N3O/c1-6-12-11(4,5)10-13-9(14-15-10)7-8(2)3/h8,12H,6-7H2,1-5H3. The molecule has 0 atom stereocenters. The lowest BCUT2D eigenvalue weighted by Gasteiger charge is -2.20. The van der Waals surface area contributed by atoms with Crippen LogP contribution in [0.5, 0.6) is 0 Å². The van der Waals surface area contributed by atoms with Crippen molar-refractivity contribution in [2.45, 2.75) is 46.6 Å². The molecule has 1 rings (SSSR count). The van der Waals surface area contributed by atoms with E-state index in [0.29, 0.717) is 11.8 Å². The van der Waals surface area contributed by atoms with Gasteiger partial charge in [-0.3, -0.25) is 0 Å². The predicted octanol–water partition coefficient (Wildman–Crippen LogP) is 2.11. The molecule has 86 valence electrons. The molecule has 4 nitrogen and oxygen atoms in total. The first-order valence-electron chi connectivity index (χ1n) is 5.53. The molecule has 0 aromatic carbocycles. The van der Waals surface area contributed by atoms with Gasteiger partial charge >= 0.3 is 0 Å². The van der Waals surface area contributed by atoms with Gasteiger partial charge in [-0.1, -0.05) is 25.9 Å². The van der Waals surface area contributed by atoms with E-state index in [-0.39, 0.29) is 5.54 Å². The van der Waals surface area contributed by atoms with Gasteiger partial charge in [-0.2, -0.15) is 4.98 Å². The Bertz CT molecular complexity index is 305. The summed E-state index contributed by atoms with van der Waals surface area (Å²) in [6, 6.07) is 0. The number of aromatic nitrogens is 2. The van der Waals surface area contributed by atoms with Gasteiger partial charge in [0.2, 0.25) is 5.89 Å². The lowest BCUT2D eigenvalue weighted by molar-refractivity contribution is 0.270. The maximum Gasteiger partial charge on any atom is 0.246 e. The smallest absolute Gasteiger partial charge is 0.246 e. The Morgan fingerprint density at radius 2 is 2.07 bits per heavy atom. The zero-order chi connectivity index (χ0) is 11.5. The molecule has 0 aliphatic heterocycles. The predicted molar refractivity (Wildman–Crippen MR) is 59.5 cm³/mol. The van der Waals surface area contributed by atoms with Gasteiger partial charge in [-0.05, 0) is 26.3 Å². The molecule has 0 unspecified atom stereocenters. The van der Waals surface area contributed by atoms with Crippen LogP contribution in [0, 0.1) is 5.92 Å². The molecule has 1 aromatic heterocycles. The molecule has 0 aliphatic rings. The van der Waals surface area contributed by atoms with Crippen LogP contribution in [0.15, 0.2) is 4.52 Å². The van der Waals surface area contributed by atoms with Crippen molar-refractivity contribution in [1.82, 2.24) is 15.5 Å². The van der Waals surface area contributed by atoms with Gasteiger partial charge in [0.1, 0.15) is 0 Å². The van der Waals surface area contributed by atoms with Crippen molar-refractivity contribution in [2.75, 3.05) is 6.54 Å². The molecule has 0 aliphatic carbocycles. The van der Waals surface area contributed by atoms with E-state index in [1.54, 1.807) is 0 Å². The molecule has 0 saturated carbocycles. The quantitative estimate of drug-likeness (QED) is 0.810. The summed E-state index contributed by atoms with van der Waals surface area (Å²) in [5.74, 6) is 2.02. The zero-order valence-corrected chi connectivity index (χ0v) is 10.3. The fourth-order valence-corrected chi connectivity index (χ4v) is 1.47. The second-order valence-corrected chi connectivity index (χ2v) is 4.77. The minimum Gasteiger partial charge on any atom is -0.337 e. The van der Waals surface area contributed by atoms with Crippen molar-refractivity contribution >= 4 is 0 Å². The van der Waals surface area contributed by atoms with Gasteiger partial charge in [0.05, 0.1) is 5.54 Å². The number of hydrogen-bond donors (Lipinski definition) is 1. The molecule has 0 amide bonds. The van der Waals surface area contributed by atoms with Gasteiger partial charge in [0.15, 0.2) is 5.82 Å². The van der Waals surface area contributed by atoms with Crippen LogP contribution in [-0.2, 0) is 12.0 Å². The van der Waals surface area contributed by atoms with E-state index in [4.69, 9.17) is 4.52 Å². The van der Waals surface area contributed by atoms with Crippen molar-refractivity contribution in [1.29, 1.82) is 0 Å². The van der Waals surface area contributed by atoms with Crippen LogP contribution in [0.1, 0.15) is 46.3 Å². The second kappa shape index (κ2) is 4.75. The second-order valence-electron chi connectivity index (χ2n) is 4.77. The van der Waals surface area contributed by atoms with Crippen molar-refractivity contribution in [2.24, 2.45) is 5.92 Å². The SMILES string of the molecule is CCNC(C)(C)c1nc(CC(C)C)no1. The Morgan fingerprint density at radius 1 is 1.40 bits per heavy atom. The Kier molecular flexibility index (Phi) is 3.85. The third kappa shape index (κ3) is 3.30. The Labute approximate surface area is 91.5 Å². The average molecular weight is 211 g/mol. The van der Waals surface area contributed by atoms with Crippen molar-refractivity contribution in [3.05, 3.63) is 11.7 Å². The minimum absolute atomic E-state index is 0.239. The highest BCUT2D eigenvalue weighted by molar-refractivity contribution is 4.99. The summed E-state index contributed by atoms with van der Waals surface area (Å²) in [7, 11) is 0. The van der Waals surface area contributed by atoms with Crippen molar-refractivity contribution in [3.8, 4) is 0 Å². The highest BCUT2D eigenvalue weighted by Crippen LogP contribution is 2.18. The van der Waals surface area contributed by atoms with E-state index in [2.05, 4.69) is 36.2 Å². The Hall–Kier alpha value is -0.900. The first-order valence-corrected chi connectivity index (χ1v) is 5.53. The van der Waals surface area contributed by atoms with E-state index in [1.807, 2.05) is 13.8 Å². The molecule has 1 N–H and O–H groups in total. The first-order chi connectivity index (χ1) is 6.95. The van der Waals surface area contributed by atoms with Gasteiger partial charge in [-0.25, -0.2) is 0 Å². The minimum atomic E-state index is -0.239. The molecule has 0 bridgehead atoms. The number of hydrogen-bond acceptors (Lipinski definition) is 4. The molecule has 0 radical (unpaired) electrons. The summed E-state index contributed by atoms with van der Waals surface area (Å²) in [5, 5.41) is 7.29. The fraction of sp³-hybridized carbons (Fsp3) is 0.818. The van der Waals surface area contributed by atoms with Crippen molar-refractivity contribution < 1.29 is 4.52 Å². The Balaban J connectivity index is 2.74. The molecule has 1 aromatic rings.